The van der Waals surface area contributed by atoms with Gasteiger partial charge in [-0.1, -0.05) is 55.3 Å². The fraction of sp³-hybridized carbons (Fsp3) is 0.333. The molecule has 0 saturated heterocycles. The number of carbonyl (C=O) groups is 2. The van der Waals surface area contributed by atoms with Gasteiger partial charge in [0.2, 0.25) is 0 Å². The van der Waals surface area contributed by atoms with Gasteiger partial charge in [-0.05, 0) is 36.1 Å². The highest BCUT2D eigenvalue weighted by molar-refractivity contribution is 6.36. The van der Waals surface area contributed by atoms with Gasteiger partial charge in [0.1, 0.15) is 5.75 Å². The Bertz CT molecular complexity index is 645. The van der Waals surface area contributed by atoms with Crippen LogP contribution in [-0.4, -0.2) is 18.2 Å². The quantitative estimate of drug-likeness (QED) is 0.464. The summed E-state index contributed by atoms with van der Waals surface area (Å²) >= 11 is 0. The number of benzene rings is 2. The third-order valence-corrected chi connectivity index (χ3v) is 3.92. The topological polar surface area (TPSA) is 43.4 Å². The predicted octanol–water partition coefficient (Wildman–Crippen LogP) is 4.84. The maximum absolute atomic E-state index is 11.2. The second-order valence-corrected chi connectivity index (χ2v) is 5.88. The predicted molar refractivity (Wildman–Crippen MR) is 96.1 cm³/mol. The standard InChI is InChI=1S/C21H24O3/c1-17(22)21(23)11-7-2-3-8-16-24-20-14-12-19(13-15-20)18-9-5-4-6-10-18/h4-6,9-10,12-15H,2-3,7-8,11,16H2,1H3. The molecule has 0 amide bonds. The van der Waals surface area contributed by atoms with Gasteiger partial charge in [0.05, 0.1) is 6.61 Å². The molecule has 0 aliphatic carbocycles. The van der Waals surface area contributed by atoms with E-state index in [4.69, 9.17) is 4.74 Å². The monoisotopic (exact) mass is 324 g/mol. The van der Waals surface area contributed by atoms with Gasteiger partial charge in [0.15, 0.2) is 11.6 Å². The van der Waals surface area contributed by atoms with Crippen LogP contribution in [0, 0.1) is 0 Å². The minimum atomic E-state index is -0.336. The first-order valence-corrected chi connectivity index (χ1v) is 8.49. The number of hydrogen-bond acceptors (Lipinski definition) is 3. The van der Waals surface area contributed by atoms with E-state index in [-0.39, 0.29) is 11.6 Å². The molecule has 24 heavy (non-hydrogen) atoms. The Morgan fingerprint density at radius 1 is 0.792 bits per heavy atom. The van der Waals surface area contributed by atoms with Crippen molar-refractivity contribution in [1.82, 2.24) is 0 Å². The highest BCUT2D eigenvalue weighted by atomic mass is 16.5. The molecule has 126 valence electrons. The van der Waals surface area contributed by atoms with Crippen LogP contribution < -0.4 is 4.74 Å². The van der Waals surface area contributed by atoms with Crippen molar-refractivity contribution in [3.8, 4) is 16.9 Å². The van der Waals surface area contributed by atoms with Gasteiger partial charge in [-0.3, -0.25) is 9.59 Å². The van der Waals surface area contributed by atoms with E-state index in [2.05, 4.69) is 24.3 Å². The van der Waals surface area contributed by atoms with Gasteiger partial charge < -0.3 is 4.74 Å². The van der Waals surface area contributed by atoms with Crippen LogP contribution >= 0.6 is 0 Å². The van der Waals surface area contributed by atoms with Gasteiger partial charge in [-0.25, -0.2) is 0 Å². The number of Topliss-reactive ketones (excluding diaryl/α,β-unsaturated/α-hetero) is 2. The first-order chi connectivity index (χ1) is 11.7. The number of hydrogen-bond donors (Lipinski definition) is 0. The van der Waals surface area contributed by atoms with E-state index in [9.17, 15) is 9.59 Å². The minimum Gasteiger partial charge on any atom is -0.494 e. The summed E-state index contributed by atoms with van der Waals surface area (Å²) in [6.07, 6.45) is 4.07. The Balaban J connectivity index is 1.63. The molecule has 0 bridgehead atoms. The summed E-state index contributed by atoms with van der Waals surface area (Å²) < 4.78 is 5.74. The van der Waals surface area contributed by atoms with Crippen molar-refractivity contribution in [2.45, 2.75) is 39.0 Å². The van der Waals surface area contributed by atoms with E-state index < -0.39 is 0 Å². The van der Waals surface area contributed by atoms with Crippen molar-refractivity contribution < 1.29 is 14.3 Å². The lowest BCUT2D eigenvalue weighted by atomic mass is 10.1. The van der Waals surface area contributed by atoms with Gasteiger partial charge in [-0.2, -0.15) is 0 Å². The second kappa shape index (κ2) is 9.66. The third kappa shape index (κ3) is 5.99. The lowest BCUT2D eigenvalue weighted by Gasteiger charge is -2.07. The zero-order valence-corrected chi connectivity index (χ0v) is 14.2. The molecule has 2 rings (SSSR count). The van der Waals surface area contributed by atoms with Crippen LogP contribution in [0.2, 0.25) is 0 Å². The van der Waals surface area contributed by atoms with Crippen LogP contribution in [0.4, 0.5) is 0 Å². The maximum Gasteiger partial charge on any atom is 0.198 e. The molecule has 0 unspecified atom stereocenters. The van der Waals surface area contributed by atoms with Crippen LogP contribution in [0.1, 0.15) is 39.0 Å². The Hall–Kier alpha value is -2.42. The molecule has 0 radical (unpaired) electrons. The van der Waals surface area contributed by atoms with Crippen LogP contribution in [-0.2, 0) is 9.59 Å². The molecule has 3 heteroatoms. The summed E-state index contributed by atoms with van der Waals surface area (Å²) in [5, 5.41) is 0. The highest BCUT2D eigenvalue weighted by Gasteiger charge is 2.06. The number of ether oxygens (including phenoxy) is 1. The first-order valence-electron chi connectivity index (χ1n) is 8.49. The van der Waals surface area contributed by atoms with E-state index in [1.165, 1.54) is 18.1 Å². The van der Waals surface area contributed by atoms with Crippen LogP contribution in [0.25, 0.3) is 11.1 Å². The summed E-state index contributed by atoms with van der Waals surface area (Å²) in [7, 11) is 0. The van der Waals surface area contributed by atoms with Gasteiger partial charge >= 0.3 is 0 Å². The summed E-state index contributed by atoms with van der Waals surface area (Å²) in [6.45, 7) is 2.00. The number of carbonyl (C=O) groups excluding carboxylic acids is 2. The van der Waals surface area contributed by atoms with Gasteiger partial charge in [0, 0.05) is 13.3 Å². The fourth-order valence-electron chi connectivity index (χ4n) is 2.48. The molecule has 0 aliphatic heterocycles. The molecule has 0 atom stereocenters. The van der Waals surface area contributed by atoms with Crippen molar-refractivity contribution in [2.24, 2.45) is 0 Å². The zero-order valence-electron chi connectivity index (χ0n) is 14.2. The summed E-state index contributed by atoms with van der Waals surface area (Å²) in [5.41, 5.74) is 2.38. The Morgan fingerprint density at radius 2 is 1.42 bits per heavy atom. The maximum atomic E-state index is 11.2. The molecule has 0 fully saturated rings. The van der Waals surface area contributed by atoms with Crippen molar-refractivity contribution in [2.75, 3.05) is 6.61 Å². The molecule has 0 heterocycles. The van der Waals surface area contributed by atoms with Crippen LogP contribution in [0.5, 0.6) is 5.75 Å². The average molecular weight is 324 g/mol. The van der Waals surface area contributed by atoms with E-state index >= 15 is 0 Å². The van der Waals surface area contributed by atoms with Crippen molar-refractivity contribution in [3.63, 3.8) is 0 Å². The molecule has 3 nitrogen and oxygen atoms in total. The van der Waals surface area contributed by atoms with E-state index in [0.29, 0.717) is 13.0 Å². The van der Waals surface area contributed by atoms with Crippen LogP contribution in [0.3, 0.4) is 0 Å². The normalized spacial score (nSPS) is 10.4. The van der Waals surface area contributed by atoms with Crippen LogP contribution in [0.15, 0.2) is 54.6 Å². The minimum absolute atomic E-state index is 0.259. The number of rotatable bonds is 10. The largest absolute Gasteiger partial charge is 0.494 e. The lowest BCUT2D eigenvalue weighted by molar-refractivity contribution is -0.135. The van der Waals surface area contributed by atoms with Crippen molar-refractivity contribution in [3.05, 3.63) is 54.6 Å². The van der Waals surface area contributed by atoms with Gasteiger partial charge in [0.25, 0.3) is 0 Å². The number of ketones is 2. The fourth-order valence-corrected chi connectivity index (χ4v) is 2.48. The Morgan fingerprint density at radius 3 is 2.08 bits per heavy atom. The molecule has 0 N–H and O–H groups in total. The average Bonchev–Trinajstić information content (AvgIpc) is 2.62. The Kier molecular flexibility index (Phi) is 7.21. The lowest BCUT2D eigenvalue weighted by Crippen LogP contribution is -2.08. The molecule has 2 aromatic carbocycles. The molecular weight excluding hydrogens is 300 g/mol. The molecular formula is C21H24O3. The summed E-state index contributed by atoms with van der Waals surface area (Å²) in [5.74, 6) is 0.281. The highest BCUT2D eigenvalue weighted by Crippen LogP contribution is 2.22. The zero-order chi connectivity index (χ0) is 17.2. The first kappa shape index (κ1) is 17.9. The smallest absolute Gasteiger partial charge is 0.198 e. The molecule has 0 aromatic heterocycles. The SMILES string of the molecule is CC(=O)C(=O)CCCCCCOc1ccc(-c2ccccc2)cc1. The number of unbranched alkanes of at least 4 members (excludes halogenated alkanes) is 3. The summed E-state index contributed by atoms with van der Waals surface area (Å²) in [6, 6.07) is 18.4. The van der Waals surface area contributed by atoms with Crippen molar-refractivity contribution >= 4 is 11.6 Å². The van der Waals surface area contributed by atoms with Crippen molar-refractivity contribution in [1.29, 1.82) is 0 Å². The molecule has 0 saturated carbocycles. The molecule has 2 aromatic rings. The second-order valence-electron chi connectivity index (χ2n) is 5.88. The summed E-state index contributed by atoms with van der Waals surface area (Å²) in [4.78, 5) is 22.0. The van der Waals surface area contributed by atoms with E-state index in [1.807, 2.05) is 30.3 Å². The van der Waals surface area contributed by atoms with E-state index in [0.717, 1.165) is 31.4 Å². The van der Waals surface area contributed by atoms with Gasteiger partial charge in [-0.15, -0.1) is 0 Å². The van der Waals surface area contributed by atoms with E-state index in [1.54, 1.807) is 0 Å². The Labute approximate surface area is 143 Å². The molecule has 0 aliphatic rings. The molecule has 0 spiro atoms. The third-order valence-electron chi connectivity index (χ3n) is 3.92.